The molecule has 0 atom stereocenters. The van der Waals surface area contributed by atoms with Crippen LogP contribution in [0, 0.1) is 19.8 Å². The molecule has 0 bridgehead atoms. The van der Waals surface area contributed by atoms with Gasteiger partial charge in [0.1, 0.15) is 0 Å². The van der Waals surface area contributed by atoms with E-state index in [1.807, 2.05) is 6.92 Å². The van der Waals surface area contributed by atoms with Crippen LogP contribution in [0.25, 0.3) is 0 Å². The quantitative estimate of drug-likeness (QED) is 0.903. The third-order valence-corrected chi connectivity index (χ3v) is 4.45. The zero-order valence-corrected chi connectivity index (χ0v) is 14.3. The smallest absolute Gasteiger partial charge is 0.239 e. The number of hydrogen-bond donors (Lipinski definition) is 1. The molecule has 7 heteroatoms. The van der Waals surface area contributed by atoms with Gasteiger partial charge in [0, 0.05) is 18.4 Å². The molecule has 3 rings (SSSR count). The fourth-order valence-electron chi connectivity index (χ4n) is 3.19. The number of aryl methyl sites for hydroxylation is 2. The van der Waals surface area contributed by atoms with Gasteiger partial charge in [0.15, 0.2) is 5.82 Å². The Morgan fingerprint density at radius 3 is 2.75 bits per heavy atom. The number of rotatable bonds is 5. The summed E-state index contributed by atoms with van der Waals surface area (Å²) in [5.41, 5.74) is 2.30. The Morgan fingerprint density at radius 2 is 2.12 bits per heavy atom. The number of amides is 1. The van der Waals surface area contributed by atoms with Crippen molar-refractivity contribution in [3.8, 4) is 0 Å². The summed E-state index contributed by atoms with van der Waals surface area (Å²) in [6, 6.07) is 5.62. The first-order chi connectivity index (χ1) is 11.6. The summed E-state index contributed by atoms with van der Waals surface area (Å²) in [4.78, 5) is 14.3. The Bertz CT molecular complexity index is 676. The number of aromatic nitrogens is 4. The van der Waals surface area contributed by atoms with Crippen LogP contribution in [-0.4, -0.2) is 50.4 Å². The van der Waals surface area contributed by atoms with Crippen LogP contribution in [0.2, 0.25) is 0 Å². The maximum Gasteiger partial charge on any atom is 0.239 e. The van der Waals surface area contributed by atoms with Crippen molar-refractivity contribution in [3.05, 3.63) is 35.8 Å². The molecule has 1 aliphatic heterocycles. The average molecular weight is 328 g/mol. The standard InChI is InChI=1S/C17H24N6O/c1-13-10-14(2)23(21-13)11-15-5-8-22(9-6-15)12-17(24)19-16-4-3-7-18-20-16/h3-4,7,10,15H,5-6,8-9,11-12H2,1-2H3,(H,19,20,24). The van der Waals surface area contributed by atoms with Gasteiger partial charge >= 0.3 is 0 Å². The topological polar surface area (TPSA) is 75.9 Å². The summed E-state index contributed by atoms with van der Waals surface area (Å²) in [6.45, 7) is 7.39. The fraction of sp³-hybridized carbons (Fsp3) is 0.529. The molecular formula is C17H24N6O. The molecule has 3 heterocycles. The number of carbonyl (C=O) groups is 1. The van der Waals surface area contributed by atoms with Crippen molar-refractivity contribution < 1.29 is 4.79 Å². The first kappa shape index (κ1) is 16.6. The molecule has 1 N–H and O–H groups in total. The number of nitrogens with zero attached hydrogens (tertiary/aromatic N) is 5. The molecule has 0 saturated carbocycles. The molecule has 7 nitrogen and oxygen atoms in total. The fourth-order valence-corrected chi connectivity index (χ4v) is 3.19. The van der Waals surface area contributed by atoms with E-state index in [1.165, 1.54) is 5.69 Å². The lowest BCUT2D eigenvalue weighted by Gasteiger charge is -2.31. The molecule has 24 heavy (non-hydrogen) atoms. The molecule has 0 aromatic carbocycles. The molecule has 2 aromatic heterocycles. The third kappa shape index (κ3) is 4.38. The minimum absolute atomic E-state index is 0.0347. The summed E-state index contributed by atoms with van der Waals surface area (Å²) in [5.74, 6) is 1.09. The molecule has 2 aromatic rings. The first-order valence-corrected chi connectivity index (χ1v) is 8.41. The number of piperidine rings is 1. The Hall–Kier alpha value is -2.28. The van der Waals surface area contributed by atoms with Gasteiger partial charge in [-0.25, -0.2) is 0 Å². The van der Waals surface area contributed by atoms with Gasteiger partial charge in [-0.15, -0.1) is 5.10 Å². The summed E-state index contributed by atoms with van der Waals surface area (Å²) in [7, 11) is 0. The molecule has 128 valence electrons. The van der Waals surface area contributed by atoms with Crippen molar-refractivity contribution in [3.63, 3.8) is 0 Å². The largest absolute Gasteiger partial charge is 0.308 e. The van der Waals surface area contributed by atoms with Crippen LogP contribution in [0.1, 0.15) is 24.2 Å². The lowest BCUT2D eigenvalue weighted by molar-refractivity contribution is -0.117. The predicted molar refractivity (Wildman–Crippen MR) is 91.5 cm³/mol. The molecule has 1 saturated heterocycles. The highest BCUT2D eigenvalue weighted by atomic mass is 16.2. The summed E-state index contributed by atoms with van der Waals surface area (Å²) in [5, 5.41) is 15.0. The van der Waals surface area contributed by atoms with Crippen molar-refractivity contribution in [1.82, 2.24) is 24.9 Å². The molecule has 1 aliphatic rings. The lowest BCUT2D eigenvalue weighted by atomic mass is 9.97. The van der Waals surface area contributed by atoms with Crippen molar-refractivity contribution in [2.24, 2.45) is 5.92 Å². The molecule has 0 radical (unpaired) electrons. The van der Waals surface area contributed by atoms with Gasteiger partial charge in [-0.2, -0.15) is 10.2 Å². The van der Waals surface area contributed by atoms with E-state index in [0.717, 1.165) is 38.2 Å². The van der Waals surface area contributed by atoms with Crippen LogP contribution >= 0.6 is 0 Å². The average Bonchev–Trinajstić information content (AvgIpc) is 2.87. The highest BCUT2D eigenvalue weighted by Crippen LogP contribution is 2.19. The highest BCUT2D eigenvalue weighted by Gasteiger charge is 2.22. The van der Waals surface area contributed by atoms with Gasteiger partial charge in [-0.3, -0.25) is 14.4 Å². The van der Waals surface area contributed by atoms with Crippen LogP contribution in [-0.2, 0) is 11.3 Å². The molecule has 0 unspecified atom stereocenters. The molecule has 0 spiro atoms. The van der Waals surface area contributed by atoms with Crippen molar-refractivity contribution in [2.45, 2.75) is 33.2 Å². The van der Waals surface area contributed by atoms with Gasteiger partial charge in [0.25, 0.3) is 0 Å². The van der Waals surface area contributed by atoms with E-state index in [9.17, 15) is 4.79 Å². The summed E-state index contributed by atoms with van der Waals surface area (Å²) in [6.07, 6.45) is 3.77. The van der Waals surface area contributed by atoms with E-state index < -0.39 is 0 Å². The zero-order valence-electron chi connectivity index (χ0n) is 14.3. The predicted octanol–water partition coefficient (Wildman–Crippen LogP) is 1.64. The molecular weight excluding hydrogens is 304 g/mol. The maximum atomic E-state index is 12.1. The zero-order chi connectivity index (χ0) is 16.9. The van der Waals surface area contributed by atoms with E-state index in [4.69, 9.17) is 0 Å². The molecule has 0 aliphatic carbocycles. The number of likely N-dealkylation sites (tertiary alicyclic amines) is 1. The minimum Gasteiger partial charge on any atom is -0.308 e. The number of nitrogens with one attached hydrogen (secondary N) is 1. The van der Waals surface area contributed by atoms with Crippen molar-refractivity contribution in [1.29, 1.82) is 0 Å². The second kappa shape index (κ2) is 7.53. The molecule has 1 fully saturated rings. The van der Waals surface area contributed by atoms with Crippen LogP contribution in [0.4, 0.5) is 5.82 Å². The van der Waals surface area contributed by atoms with E-state index in [-0.39, 0.29) is 5.91 Å². The third-order valence-electron chi connectivity index (χ3n) is 4.45. The SMILES string of the molecule is Cc1cc(C)n(CC2CCN(CC(=O)Nc3cccnn3)CC2)n1. The van der Waals surface area contributed by atoms with Crippen molar-refractivity contribution in [2.75, 3.05) is 25.0 Å². The first-order valence-electron chi connectivity index (χ1n) is 8.41. The van der Waals surface area contributed by atoms with Gasteiger partial charge < -0.3 is 5.32 Å². The lowest BCUT2D eigenvalue weighted by Crippen LogP contribution is -2.40. The summed E-state index contributed by atoms with van der Waals surface area (Å²) < 4.78 is 2.11. The Morgan fingerprint density at radius 1 is 1.33 bits per heavy atom. The summed E-state index contributed by atoms with van der Waals surface area (Å²) >= 11 is 0. The monoisotopic (exact) mass is 328 g/mol. The Kier molecular flexibility index (Phi) is 5.20. The van der Waals surface area contributed by atoms with Crippen LogP contribution in [0.5, 0.6) is 0 Å². The highest BCUT2D eigenvalue weighted by molar-refractivity contribution is 5.91. The van der Waals surface area contributed by atoms with Crippen LogP contribution < -0.4 is 5.32 Å². The number of carbonyl (C=O) groups excluding carboxylic acids is 1. The number of hydrogen-bond acceptors (Lipinski definition) is 5. The second-order valence-electron chi connectivity index (χ2n) is 6.49. The van der Waals surface area contributed by atoms with E-state index in [2.05, 4.69) is 43.2 Å². The maximum absolute atomic E-state index is 12.1. The van der Waals surface area contributed by atoms with Gasteiger partial charge in [-0.1, -0.05) is 0 Å². The van der Waals surface area contributed by atoms with E-state index >= 15 is 0 Å². The van der Waals surface area contributed by atoms with Gasteiger partial charge in [0.05, 0.1) is 12.2 Å². The second-order valence-corrected chi connectivity index (χ2v) is 6.49. The molecule has 1 amide bonds. The van der Waals surface area contributed by atoms with E-state index in [0.29, 0.717) is 18.3 Å². The number of anilines is 1. The van der Waals surface area contributed by atoms with Gasteiger partial charge in [-0.05, 0) is 63.9 Å². The minimum atomic E-state index is -0.0347. The Labute approximate surface area is 142 Å². The Balaban J connectivity index is 1.43. The van der Waals surface area contributed by atoms with Crippen LogP contribution in [0.15, 0.2) is 24.4 Å². The van der Waals surface area contributed by atoms with Crippen LogP contribution in [0.3, 0.4) is 0 Å². The normalized spacial score (nSPS) is 16.2. The van der Waals surface area contributed by atoms with E-state index in [1.54, 1.807) is 18.3 Å². The van der Waals surface area contributed by atoms with Crippen molar-refractivity contribution >= 4 is 11.7 Å². The van der Waals surface area contributed by atoms with Gasteiger partial charge in [0.2, 0.25) is 5.91 Å².